The van der Waals surface area contributed by atoms with E-state index in [1.54, 1.807) is 13.8 Å². The predicted octanol–water partition coefficient (Wildman–Crippen LogP) is 3.57. The number of nitrogens with one attached hydrogen (secondary N) is 1. The minimum Gasteiger partial charge on any atom is -0.462 e. The summed E-state index contributed by atoms with van der Waals surface area (Å²) in [7, 11) is 0. The lowest BCUT2D eigenvalue weighted by molar-refractivity contribution is -0.385. The Morgan fingerprint density at radius 1 is 1.35 bits per heavy atom. The molecule has 1 aromatic carbocycles. The third kappa shape index (κ3) is 3.55. The van der Waals surface area contributed by atoms with Crippen molar-refractivity contribution in [3.8, 4) is 6.07 Å². The van der Waals surface area contributed by atoms with Gasteiger partial charge in [0.05, 0.1) is 17.1 Å². The van der Waals surface area contributed by atoms with Crippen LogP contribution in [0.1, 0.15) is 43.6 Å². The van der Waals surface area contributed by atoms with Crippen LogP contribution in [0.15, 0.2) is 18.2 Å². The molecule has 0 fully saturated rings. The molecule has 1 amide bonds. The number of nitro benzene ring substituents is 1. The van der Waals surface area contributed by atoms with Crippen molar-refractivity contribution in [2.75, 3.05) is 11.9 Å². The number of esters is 1. The van der Waals surface area contributed by atoms with Gasteiger partial charge < -0.3 is 10.1 Å². The number of anilines is 1. The third-order valence-electron chi connectivity index (χ3n) is 3.69. The highest BCUT2D eigenvalue weighted by Crippen LogP contribution is 2.33. The van der Waals surface area contributed by atoms with Crippen molar-refractivity contribution >= 4 is 33.9 Å². The first kappa shape index (κ1) is 19.1. The summed E-state index contributed by atoms with van der Waals surface area (Å²) in [6.45, 7) is 4.92. The Morgan fingerprint density at radius 2 is 2.04 bits per heavy atom. The lowest BCUT2D eigenvalue weighted by Crippen LogP contribution is -2.14. The highest BCUT2D eigenvalue weighted by atomic mass is 32.1. The van der Waals surface area contributed by atoms with E-state index >= 15 is 0 Å². The first-order valence-corrected chi connectivity index (χ1v) is 8.39. The van der Waals surface area contributed by atoms with Crippen molar-refractivity contribution in [3.63, 3.8) is 0 Å². The van der Waals surface area contributed by atoms with E-state index in [9.17, 15) is 25.0 Å². The molecule has 0 aliphatic rings. The maximum Gasteiger partial charge on any atom is 0.348 e. The Hall–Kier alpha value is -3.25. The molecule has 1 aromatic heterocycles. The molecule has 8 nitrogen and oxygen atoms in total. The van der Waals surface area contributed by atoms with E-state index in [4.69, 9.17) is 4.74 Å². The largest absolute Gasteiger partial charge is 0.462 e. The van der Waals surface area contributed by atoms with Gasteiger partial charge >= 0.3 is 5.97 Å². The molecule has 0 aliphatic carbocycles. The van der Waals surface area contributed by atoms with E-state index < -0.39 is 16.8 Å². The van der Waals surface area contributed by atoms with Crippen molar-refractivity contribution in [2.45, 2.75) is 20.8 Å². The van der Waals surface area contributed by atoms with Crippen LogP contribution in [0.4, 0.5) is 10.7 Å². The number of amides is 1. The van der Waals surface area contributed by atoms with E-state index in [1.165, 1.54) is 25.1 Å². The third-order valence-corrected chi connectivity index (χ3v) is 4.88. The van der Waals surface area contributed by atoms with E-state index in [0.29, 0.717) is 5.56 Å². The fourth-order valence-corrected chi connectivity index (χ4v) is 3.41. The van der Waals surface area contributed by atoms with Crippen LogP contribution < -0.4 is 5.32 Å². The first-order chi connectivity index (χ1) is 12.3. The van der Waals surface area contributed by atoms with Crippen LogP contribution in [-0.4, -0.2) is 23.4 Å². The van der Waals surface area contributed by atoms with E-state index in [-0.39, 0.29) is 38.9 Å². The van der Waals surface area contributed by atoms with Crippen LogP contribution in [-0.2, 0) is 4.74 Å². The summed E-state index contributed by atoms with van der Waals surface area (Å²) in [6, 6.07) is 6.13. The van der Waals surface area contributed by atoms with Crippen LogP contribution in [0.5, 0.6) is 0 Å². The van der Waals surface area contributed by atoms with E-state index in [0.717, 1.165) is 11.3 Å². The smallest absolute Gasteiger partial charge is 0.348 e. The SMILES string of the molecule is CCOC(=O)c1sc(NC(=O)c2cccc([N+](=O)[O-])c2C)c(C#N)c1C. The number of rotatable bonds is 5. The van der Waals surface area contributed by atoms with Crippen molar-refractivity contribution in [1.82, 2.24) is 0 Å². The number of hydrogen-bond acceptors (Lipinski definition) is 7. The molecule has 0 bridgehead atoms. The summed E-state index contributed by atoms with van der Waals surface area (Å²) in [5, 5.41) is 23.1. The highest BCUT2D eigenvalue weighted by Gasteiger charge is 2.24. The summed E-state index contributed by atoms with van der Waals surface area (Å²) < 4.78 is 4.95. The fraction of sp³-hybridized carbons (Fsp3) is 0.235. The van der Waals surface area contributed by atoms with Crippen LogP contribution in [0.2, 0.25) is 0 Å². The second-order valence-electron chi connectivity index (χ2n) is 5.25. The zero-order chi connectivity index (χ0) is 19.4. The number of thiophene rings is 1. The van der Waals surface area contributed by atoms with Gasteiger partial charge in [0.2, 0.25) is 0 Å². The summed E-state index contributed by atoms with van der Waals surface area (Å²) >= 11 is 0.935. The van der Waals surface area contributed by atoms with Crippen LogP contribution >= 0.6 is 11.3 Å². The molecule has 0 unspecified atom stereocenters. The normalized spacial score (nSPS) is 10.1. The van der Waals surface area contributed by atoms with Crippen molar-refractivity contribution in [1.29, 1.82) is 5.26 Å². The Labute approximate surface area is 153 Å². The van der Waals surface area contributed by atoms with Gasteiger partial charge in [-0.05, 0) is 32.4 Å². The molecule has 1 N–H and O–H groups in total. The average Bonchev–Trinajstić information content (AvgIpc) is 2.90. The minimum atomic E-state index is -0.598. The number of nitrogens with zero attached hydrogens (tertiary/aromatic N) is 2. The van der Waals surface area contributed by atoms with Gasteiger partial charge in [-0.15, -0.1) is 11.3 Å². The number of benzene rings is 1. The Bertz CT molecular complexity index is 943. The molecule has 9 heteroatoms. The quantitative estimate of drug-likeness (QED) is 0.485. The molecule has 134 valence electrons. The van der Waals surface area contributed by atoms with Gasteiger partial charge in [0.25, 0.3) is 11.6 Å². The molecule has 0 spiro atoms. The minimum absolute atomic E-state index is 0.117. The van der Waals surface area contributed by atoms with Gasteiger partial charge in [-0.2, -0.15) is 5.26 Å². The van der Waals surface area contributed by atoms with Crippen LogP contribution in [0.3, 0.4) is 0 Å². The molecule has 1 heterocycles. The molecule has 2 rings (SSSR count). The maximum atomic E-state index is 12.5. The molecule has 26 heavy (non-hydrogen) atoms. The lowest BCUT2D eigenvalue weighted by atomic mass is 10.1. The Morgan fingerprint density at radius 3 is 2.62 bits per heavy atom. The van der Waals surface area contributed by atoms with Crippen molar-refractivity contribution in [3.05, 3.63) is 55.4 Å². The van der Waals surface area contributed by atoms with E-state index in [2.05, 4.69) is 5.32 Å². The van der Waals surface area contributed by atoms with Gasteiger partial charge in [0, 0.05) is 17.2 Å². The number of nitriles is 1. The number of carbonyl (C=O) groups is 2. The molecule has 0 atom stereocenters. The van der Waals surface area contributed by atoms with Crippen LogP contribution in [0, 0.1) is 35.3 Å². The molecule has 0 aliphatic heterocycles. The monoisotopic (exact) mass is 373 g/mol. The second kappa shape index (κ2) is 7.76. The zero-order valence-electron chi connectivity index (χ0n) is 14.3. The summed E-state index contributed by atoms with van der Waals surface area (Å²) in [5.41, 5.74) is 0.739. The standard InChI is InChI=1S/C17H15N3O5S/c1-4-25-17(22)14-10(3)12(8-18)16(26-14)19-15(21)11-6-5-7-13(9(11)2)20(23)24/h5-7H,4H2,1-3H3,(H,19,21). The van der Waals surface area contributed by atoms with Gasteiger partial charge in [-0.25, -0.2) is 4.79 Å². The van der Waals surface area contributed by atoms with Gasteiger partial charge in [0.15, 0.2) is 0 Å². The van der Waals surface area contributed by atoms with Crippen LogP contribution in [0.25, 0.3) is 0 Å². The Balaban J connectivity index is 2.40. The number of nitro groups is 1. The maximum absolute atomic E-state index is 12.5. The predicted molar refractivity (Wildman–Crippen MR) is 95.5 cm³/mol. The first-order valence-electron chi connectivity index (χ1n) is 7.57. The fourth-order valence-electron chi connectivity index (χ4n) is 2.37. The average molecular weight is 373 g/mol. The molecule has 0 radical (unpaired) electrons. The summed E-state index contributed by atoms with van der Waals surface area (Å²) in [5.74, 6) is -1.17. The van der Waals surface area contributed by atoms with E-state index in [1.807, 2.05) is 6.07 Å². The summed E-state index contributed by atoms with van der Waals surface area (Å²) in [6.07, 6.45) is 0. The highest BCUT2D eigenvalue weighted by molar-refractivity contribution is 7.18. The molecule has 2 aromatic rings. The molecular formula is C17H15N3O5S. The van der Waals surface area contributed by atoms with Gasteiger partial charge in [-0.3, -0.25) is 14.9 Å². The number of hydrogen-bond donors (Lipinski definition) is 1. The molecular weight excluding hydrogens is 358 g/mol. The lowest BCUT2D eigenvalue weighted by Gasteiger charge is -2.07. The topological polar surface area (TPSA) is 122 Å². The van der Waals surface area contributed by atoms with Crippen molar-refractivity contribution in [2.24, 2.45) is 0 Å². The zero-order valence-corrected chi connectivity index (χ0v) is 15.1. The number of carbonyl (C=O) groups excluding carboxylic acids is 2. The Kier molecular flexibility index (Phi) is 5.69. The second-order valence-corrected chi connectivity index (χ2v) is 6.27. The molecule has 0 saturated carbocycles. The summed E-state index contributed by atoms with van der Waals surface area (Å²) in [4.78, 5) is 35.2. The number of ether oxygens (including phenoxy) is 1. The van der Waals surface area contributed by atoms with Crippen molar-refractivity contribution < 1.29 is 19.2 Å². The van der Waals surface area contributed by atoms with Gasteiger partial charge in [-0.1, -0.05) is 6.07 Å². The van der Waals surface area contributed by atoms with Gasteiger partial charge in [0.1, 0.15) is 15.9 Å². The molecule has 0 saturated heterocycles.